The third kappa shape index (κ3) is 3.04. The van der Waals surface area contributed by atoms with Crippen molar-refractivity contribution in [3.05, 3.63) is 82.8 Å². The topological polar surface area (TPSA) is 37.6 Å². The molecular weight excluding hydrogens is 429 g/mol. The van der Waals surface area contributed by atoms with Gasteiger partial charge in [0.15, 0.2) is 23.3 Å². The third-order valence-electron chi connectivity index (χ3n) is 5.34. The average Bonchev–Trinajstić information content (AvgIpc) is 3.20. The molecule has 0 atom stereocenters. The van der Waals surface area contributed by atoms with Crippen molar-refractivity contribution in [2.24, 2.45) is 5.10 Å². The monoisotopic (exact) mass is 445 g/mol. The zero-order valence-electron chi connectivity index (χ0n) is 17.0. The first-order valence-electron chi connectivity index (χ1n) is 9.50. The number of halogens is 5. The van der Waals surface area contributed by atoms with E-state index in [9.17, 15) is 26.7 Å². The lowest BCUT2D eigenvalue weighted by Crippen LogP contribution is -2.25. The Bertz CT molecular complexity index is 1340. The highest BCUT2D eigenvalue weighted by Gasteiger charge is 2.37. The summed E-state index contributed by atoms with van der Waals surface area (Å²) in [5.74, 6) is -11.9. The molecular formula is C23H16F5N3O. The first-order chi connectivity index (χ1) is 15.2. The van der Waals surface area contributed by atoms with Crippen molar-refractivity contribution in [3.63, 3.8) is 0 Å². The average molecular weight is 445 g/mol. The molecule has 2 aromatic carbocycles. The Balaban J connectivity index is 1.87. The van der Waals surface area contributed by atoms with Crippen LogP contribution in [0.1, 0.15) is 18.2 Å². The molecule has 164 valence electrons. The minimum absolute atomic E-state index is 0.0291. The molecule has 0 aliphatic carbocycles. The first-order valence-corrected chi connectivity index (χ1v) is 9.50. The molecule has 0 unspecified atom stereocenters. The van der Waals surface area contributed by atoms with E-state index in [1.54, 1.807) is 6.08 Å². The second kappa shape index (κ2) is 7.74. The van der Waals surface area contributed by atoms with Crippen molar-refractivity contribution in [2.75, 3.05) is 5.01 Å². The smallest absolute Gasteiger partial charge is 0.280 e. The number of nitrogens with zero attached hydrogens (tertiary/aromatic N) is 3. The van der Waals surface area contributed by atoms with Crippen LogP contribution in [0.15, 0.2) is 47.6 Å². The normalized spacial score (nSPS) is 15.2. The standard InChI is InChI=1S/C23H16F5N3O/c1-4-9-30-12(3)15(13-7-5-6-8-16(13)30)10-14-11(2)29-31(23(14)32)22-20(27)18(25)17(24)19(26)21(22)28/h4-8,10H,1,9H2,2-3H3/b14-10+. The summed E-state index contributed by atoms with van der Waals surface area (Å²) in [7, 11) is 0. The fourth-order valence-corrected chi connectivity index (χ4v) is 3.76. The lowest BCUT2D eigenvalue weighted by molar-refractivity contribution is -0.114. The van der Waals surface area contributed by atoms with Gasteiger partial charge in [-0.15, -0.1) is 6.58 Å². The van der Waals surface area contributed by atoms with Gasteiger partial charge in [-0.3, -0.25) is 4.79 Å². The van der Waals surface area contributed by atoms with Crippen molar-refractivity contribution in [2.45, 2.75) is 20.4 Å². The molecule has 0 bridgehead atoms. The summed E-state index contributed by atoms with van der Waals surface area (Å²) in [6.45, 7) is 7.50. The van der Waals surface area contributed by atoms with Gasteiger partial charge in [-0.1, -0.05) is 24.3 Å². The number of amides is 1. The predicted molar refractivity (Wildman–Crippen MR) is 112 cm³/mol. The molecule has 1 aromatic heterocycles. The van der Waals surface area contributed by atoms with E-state index >= 15 is 0 Å². The van der Waals surface area contributed by atoms with Gasteiger partial charge in [-0.2, -0.15) is 10.1 Å². The molecule has 4 rings (SSSR count). The maximum Gasteiger partial charge on any atom is 0.280 e. The largest absolute Gasteiger partial charge is 0.340 e. The SMILES string of the molecule is C=CCn1c(C)c(/C=C2/C(=O)N(c3c(F)c(F)c(F)c(F)c3F)N=C2C)c2ccccc21. The number of fused-ring (bicyclic) bond motifs is 1. The van der Waals surface area contributed by atoms with Crippen molar-refractivity contribution < 1.29 is 26.7 Å². The summed E-state index contributed by atoms with van der Waals surface area (Å²) in [4.78, 5) is 13.0. The Kier molecular flexibility index (Phi) is 5.20. The Morgan fingerprint density at radius 3 is 2.19 bits per heavy atom. The molecule has 0 saturated heterocycles. The molecule has 1 aliphatic heterocycles. The van der Waals surface area contributed by atoms with Crippen LogP contribution in [0, 0.1) is 36.0 Å². The minimum atomic E-state index is -2.31. The van der Waals surface area contributed by atoms with E-state index < -0.39 is 40.7 Å². The summed E-state index contributed by atoms with van der Waals surface area (Å²) >= 11 is 0. The van der Waals surface area contributed by atoms with Gasteiger partial charge in [-0.05, 0) is 26.0 Å². The molecule has 3 aromatic rings. The summed E-state index contributed by atoms with van der Waals surface area (Å²) in [5.41, 5.74) is 0.972. The lowest BCUT2D eigenvalue weighted by Gasteiger charge is -2.15. The zero-order valence-corrected chi connectivity index (χ0v) is 17.0. The summed E-state index contributed by atoms with van der Waals surface area (Å²) in [5, 5.41) is 4.80. The number of hydrazone groups is 1. The van der Waals surface area contributed by atoms with Gasteiger partial charge in [0, 0.05) is 28.7 Å². The van der Waals surface area contributed by atoms with Gasteiger partial charge in [0.2, 0.25) is 5.82 Å². The van der Waals surface area contributed by atoms with E-state index in [4.69, 9.17) is 0 Å². The number of carbonyl (C=O) groups is 1. The molecule has 0 spiro atoms. The highest BCUT2D eigenvalue weighted by Crippen LogP contribution is 2.35. The zero-order chi connectivity index (χ0) is 23.3. The summed E-state index contributed by atoms with van der Waals surface area (Å²) in [6, 6.07) is 7.42. The number of para-hydroxylation sites is 1. The number of anilines is 1. The van der Waals surface area contributed by atoms with Crippen LogP contribution in [-0.2, 0) is 11.3 Å². The van der Waals surface area contributed by atoms with Gasteiger partial charge in [0.25, 0.3) is 5.91 Å². The van der Waals surface area contributed by atoms with Crippen molar-refractivity contribution in [3.8, 4) is 0 Å². The molecule has 2 heterocycles. The van der Waals surface area contributed by atoms with Crippen LogP contribution in [0.4, 0.5) is 27.6 Å². The van der Waals surface area contributed by atoms with Crippen LogP contribution < -0.4 is 5.01 Å². The van der Waals surface area contributed by atoms with Crippen LogP contribution >= 0.6 is 0 Å². The number of carbonyl (C=O) groups excluding carboxylic acids is 1. The molecule has 32 heavy (non-hydrogen) atoms. The van der Waals surface area contributed by atoms with E-state index in [2.05, 4.69) is 11.7 Å². The number of rotatable bonds is 4. The summed E-state index contributed by atoms with van der Waals surface area (Å²) < 4.78 is 71.2. The molecule has 1 amide bonds. The number of hydrogen-bond acceptors (Lipinski definition) is 2. The van der Waals surface area contributed by atoms with E-state index in [1.165, 1.54) is 13.0 Å². The molecule has 0 saturated carbocycles. The van der Waals surface area contributed by atoms with E-state index in [0.29, 0.717) is 12.1 Å². The molecule has 0 radical (unpaired) electrons. The van der Waals surface area contributed by atoms with E-state index in [1.807, 2.05) is 35.8 Å². The number of aromatic nitrogens is 1. The first kappa shape index (κ1) is 21.5. The van der Waals surface area contributed by atoms with Crippen LogP contribution in [0.5, 0.6) is 0 Å². The Labute approximate surface area is 179 Å². The number of allylic oxidation sites excluding steroid dienone is 1. The second-order valence-corrected chi connectivity index (χ2v) is 7.19. The van der Waals surface area contributed by atoms with Crippen LogP contribution in [0.25, 0.3) is 17.0 Å². The van der Waals surface area contributed by atoms with E-state index in [-0.39, 0.29) is 16.3 Å². The Hall–Kier alpha value is -3.75. The quantitative estimate of drug-likeness (QED) is 0.168. The third-order valence-corrected chi connectivity index (χ3v) is 5.34. The predicted octanol–water partition coefficient (Wildman–Crippen LogP) is 5.64. The second-order valence-electron chi connectivity index (χ2n) is 7.19. The molecule has 1 aliphatic rings. The van der Waals surface area contributed by atoms with Crippen LogP contribution in [-0.4, -0.2) is 16.2 Å². The molecule has 9 heteroatoms. The van der Waals surface area contributed by atoms with Gasteiger partial charge in [-0.25, -0.2) is 22.0 Å². The van der Waals surface area contributed by atoms with Crippen molar-refractivity contribution in [1.82, 2.24) is 4.57 Å². The van der Waals surface area contributed by atoms with Gasteiger partial charge < -0.3 is 4.57 Å². The highest BCUT2D eigenvalue weighted by molar-refractivity contribution is 6.32. The minimum Gasteiger partial charge on any atom is -0.340 e. The summed E-state index contributed by atoms with van der Waals surface area (Å²) in [6.07, 6.45) is 3.22. The van der Waals surface area contributed by atoms with Crippen molar-refractivity contribution in [1.29, 1.82) is 0 Å². The highest BCUT2D eigenvalue weighted by atomic mass is 19.2. The maximum atomic E-state index is 14.3. The Morgan fingerprint density at radius 1 is 0.969 bits per heavy atom. The van der Waals surface area contributed by atoms with Crippen LogP contribution in [0.2, 0.25) is 0 Å². The maximum absolute atomic E-state index is 14.3. The molecule has 4 nitrogen and oxygen atoms in total. The lowest BCUT2D eigenvalue weighted by atomic mass is 10.0. The number of hydrogen-bond donors (Lipinski definition) is 0. The molecule has 0 N–H and O–H groups in total. The fourth-order valence-electron chi connectivity index (χ4n) is 3.76. The van der Waals surface area contributed by atoms with Crippen LogP contribution in [0.3, 0.4) is 0 Å². The fraction of sp³-hybridized carbons (Fsp3) is 0.130. The van der Waals surface area contributed by atoms with Crippen molar-refractivity contribution >= 4 is 34.3 Å². The number of benzene rings is 2. The molecule has 0 fully saturated rings. The van der Waals surface area contributed by atoms with Gasteiger partial charge >= 0.3 is 0 Å². The van der Waals surface area contributed by atoms with Gasteiger partial charge in [0.05, 0.1) is 11.3 Å². The van der Waals surface area contributed by atoms with Gasteiger partial charge in [0.1, 0.15) is 5.69 Å². The van der Waals surface area contributed by atoms with E-state index in [0.717, 1.165) is 16.6 Å². The Morgan fingerprint density at radius 2 is 1.56 bits per heavy atom.